The zero-order valence-electron chi connectivity index (χ0n) is 17.0. The zero-order chi connectivity index (χ0) is 21.9. The number of nitrogens with zero attached hydrogens (tertiary/aromatic N) is 4. The molecule has 1 aromatic rings. The molecule has 0 spiro atoms. The maximum absolute atomic E-state index is 13.3. The second-order valence-corrected chi connectivity index (χ2v) is 8.17. The van der Waals surface area contributed by atoms with Crippen molar-refractivity contribution in [2.45, 2.75) is 32.4 Å². The number of amides is 1. The smallest absolute Gasteiger partial charge is 0.371 e. The monoisotopic (exact) mass is 428 g/mol. The van der Waals surface area contributed by atoms with Gasteiger partial charge in [0.2, 0.25) is 0 Å². The molecule has 0 bridgehead atoms. The first-order chi connectivity index (χ1) is 14.1. The van der Waals surface area contributed by atoms with E-state index in [0.29, 0.717) is 24.6 Å². The maximum atomic E-state index is 13.3. The Labute approximate surface area is 173 Å². The predicted molar refractivity (Wildman–Crippen MR) is 107 cm³/mol. The van der Waals surface area contributed by atoms with Crippen molar-refractivity contribution in [1.29, 1.82) is 0 Å². The quantitative estimate of drug-likeness (QED) is 0.542. The summed E-state index contributed by atoms with van der Waals surface area (Å²) in [4.78, 5) is 28.9. The second-order valence-electron chi connectivity index (χ2n) is 8.17. The number of nitro benzene ring substituents is 1. The zero-order valence-corrected chi connectivity index (χ0v) is 17.0. The van der Waals surface area contributed by atoms with E-state index in [1.54, 1.807) is 6.07 Å². The first-order valence-electron chi connectivity index (χ1n) is 10.3. The number of non-ortho nitro benzene ring substituents is 1. The van der Waals surface area contributed by atoms with Gasteiger partial charge in [0.1, 0.15) is 0 Å². The Morgan fingerprint density at radius 3 is 2.47 bits per heavy atom. The average Bonchev–Trinajstić information content (AvgIpc) is 2.91. The van der Waals surface area contributed by atoms with Gasteiger partial charge >= 0.3 is 6.18 Å². The Kier molecular flexibility index (Phi) is 6.84. The number of benzene rings is 1. The molecule has 0 aromatic heterocycles. The first-order valence-corrected chi connectivity index (χ1v) is 10.3. The van der Waals surface area contributed by atoms with Gasteiger partial charge in [-0.1, -0.05) is 6.92 Å². The Hall–Kier alpha value is -2.36. The van der Waals surface area contributed by atoms with Crippen LogP contribution >= 0.6 is 0 Å². The van der Waals surface area contributed by atoms with Crippen LogP contribution in [0.5, 0.6) is 0 Å². The molecule has 166 valence electrons. The lowest BCUT2D eigenvalue weighted by Crippen LogP contribution is -2.39. The van der Waals surface area contributed by atoms with E-state index in [2.05, 4.69) is 11.8 Å². The number of piperidine rings is 1. The van der Waals surface area contributed by atoms with Crippen LogP contribution < -0.4 is 4.90 Å². The summed E-state index contributed by atoms with van der Waals surface area (Å²) < 4.78 is 38.1. The van der Waals surface area contributed by atoms with Crippen LogP contribution in [0.2, 0.25) is 0 Å². The third-order valence-corrected chi connectivity index (χ3v) is 5.82. The molecule has 0 unspecified atom stereocenters. The molecule has 2 fully saturated rings. The third kappa shape index (κ3) is 5.62. The van der Waals surface area contributed by atoms with E-state index in [4.69, 9.17) is 0 Å². The van der Waals surface area contributed by atoms with Gasteiger partial charge in [0.05, 0.1) is 22.7 Å². The lowest BCUT2D eigenvalue weighted by atomic mass is 9.97. The van der Waals surface area contributed by atoms with Crippen molar-refractivity contribution in [2.24, 2.45) is 5.92 Å². The number of anilines is 1. The summed E-state index contributed by atoms with van der Waals surface area (Å²) in [5, 5.41) is 11.3. The molecular formula is C20H27F3N4O3. The van der Waals surface area contributed by atoms with Gasteiger partial charge in [0.15, 0.2) is 0 Å². The van der Waals surface area contributed by atoms with Crippen molar-refractivity contribution >= 4 is 17.3 Å². The lowest BCUT2D eigenvalue weighted by molar-refractivity contribution is -0.384. The van der Waals surface area contributed by atoms with Crippen LogP contribution in [-0.2, 0) is 0 Å². The number of nitro groups is 1. The first kappa shape index (κ1) is 22.3. The molecule has 2 aliphatic rings. The van der Waals surface area contributed by atoms with E-state index in [1.165, 1.54) is 21.9 Å². The minimum absolute atomic E-state index is 0.122. The topological polar surface area (TPSA) is 69.9 Å². The van der Waals surface area contributed by atoms with Gasteiger partial charge in [0.25, 0.3) is 11.6 Å². The summed E-state index contributed by atoms with van der Waals surface area (Å²) in [6.07, 6.45) is -1.91. The molecule has 2 saturated heterocycles. The molecule has 3 rings (SSSR count). The SMILES string of the molecule is CC1CCN(c2ccc([N+](=O)[O-])cc2C(=O)N2CCCN(CC(F)(F)F)CC2)CC1. The molecule has 0 aliphatic carbocycles. The van der Waals surface area contributed by atoms with Gasteiger partial charge in [-0.15, -0.1) is 0 Å². The van der Waals surface area contributed by atoms with Gasteiger partial charge < -0.3 is 9.80 Å². The van der Waals surface area contributed by atoms with Crippen LogP contribution in [0.3, 0.4) is 0 Å². The highest BCUT2D eigenvalue weighted by Gasteiger charge is 2.33. The summed E-state index contributed by atoms with van der Waals surface area (Å²) in [5.74, 6) is 0.227. The standard InChI is InChI=1S/C20H27F3N4O3/c1-15-5-9-25(10-6-15)18-4-3-16(27(29)30)13-17(18)19(28)26-8-2-7-24(11-12-26)14-20(21,22)23/h3-4,13,15H,2,5-12,14H2,1H3. The molecule has 1 amide bonds. The minimum Gasteiger partial charge on any atom is -0.371 e. The molecule has 7 nitrogen and oxygen atoms in total. The summed E-state index contributed by atoms with van der Waals surface area (Å²) in [7, 11) is 0. The van der Waals surface area contributed by atoms with Crippen molar-refractivity contribution in [2.75, 3.05) is 50.7 Å². The fraction of sp³-hybridized carbons (Fsp3) is 0.650. The van der Waals surface area contributed by atoms with Crippen molar-refractivity contribution in [3.63, 3.8) is 0 Å². The molecule has 0 atom stereocenters. The van der Waals surface area contributed by atoms with Crippen LogP contribution in [0.15, 0.2) is 18.2 Å². The van der Waals surface area contributed by atoms with Crippen molar-refractivity contribution in [3.05, 3.63) is 33.9 Å². The molecule has 2 aliphatic heterocycles. The minimum atomic E-state index is -4.28. The number of rotatable bonds is 4. The average molecular weight is 428 g/mol. The van der Waals surface area contributed by atoms with Gasteiger partial charge in [0, 0.05) is 51.4 Å². The maximum Gasteiger partial charge on any atom is 0.401 e. The van der Waals surface area contributed by atoms with E-state index in [-0.39, 0.29) is 36.8 Å². The molecule has 10 heteroatoms. The normalized spacial score (nSPS) is 19.6. The highest BCUT2D eigenvalue weighted by molar-refractivity contribution is 6.00. The van der Waals surface area contributed by atoms with E-state index in [1.807, 2.05) is 0 Å². The van der Waals surface area contributed by atoms with Crippen LogP contribution in [0, 0.1) is 16.0 Å². The van der Waals surface area contributed by atoms with E-state index < -0.39 is 17.6 Å². The van der Waals surface area contributed by atoms with Gasteiger partial charge in [-0.05, 0) is 31.2 Å². The van der Waals surface area contributed by atoms with Crippen LogP contribution in [-0.4, -0.2) is 72.6 Å². The Morgan fingerprint density at radius 2 is 1.83 bits per heavy atom. The Bertz CT molecular complexity index is 779. The molecule has 30 heavy (non-hydrogen) atoms. The number of carbonyl (C=O) groups is 1. The predicted octanol–water partition coefficient (Wildman–Crippen LogP) is 3.54. The van der Waals surface area contributed by atoms with Gasteiger partial charge in [-0.3, -0.25) is 19.8 Å². The lowest BCUT2D eigenvalue weighted by Gasteiger charge is -2.34. The molecular weight excluding hydrogens is 401 g/mol. The largest absolute Gasteiger partial charge is 0.401 e. The summed E-state index contributed by atoms with van der Waals surface area (Å²) in [6.45, 7) is 3.57. The summed E-state index contributed by atoms with van der Waals surface area (Å²) in [6, 6.07) is 4.32. The van der Waals surface area contributed by atoms with Crippen molar-refractivity contribution in [1.82, 2.24) is 9.80 Å². The number of halogens is 3. The number of hydrogen-bond acceptors (Lipinski definition) is 5. The molecule has 0 N–H and O–H groups in total. The Morgan fingerprint density at radius 1 is 1.13 bits per heavy atom. The van der Waals surface area contributed by atoms with E-state index >= 15 is 0 Å². The van der Waals surface area contributed by atoms with Crippen molar-refractivity contribution in [3.8, 4) is 0 Å². The fourth-order valence-corrected chi connectivity index (χ4v) is 4.09. The van der Waals surface area contributed by atoms with Crippen molar-refractivity contribution < 1.29 is 22.9 Å². The highest BCUT2D eigenvalue weighted by atomic mass is 19.4. The third-order valence-electron chi connectivity index (χ3n) is 5.82. The Balaban J connectivity index is 1.81. The van der Waals surface area contributed by atoms with Crippen LogP contribution in [0.25, 0.3) is 0 Å². The van der Waals surface area contributed by atoms with E-state index in [0.717, 1.165) is 25.9 Å². The fourth-order valence-electron chi connectivity index (χ4n) is 4.09. The number of alkyl halides is 3. The van der Waals surface area contributed by atoms with Gasteiger partial charge in [-0.2, -0.15) is 13.2 Å². The summed E-state index contributed by atoms with van der Waals surface area (Å²) in [5.41, 5.74) is 0.748. The molecule has 2 heterocycles. The van der Waals surface area contributed by atoms with Crippen LogP contribution in [0.4, 0.5) is 24.5 Å². The molecule has 0 saturated carbocycles. The van der Waals surface area contributed by atoms with E-state index in [9.17, 15) is 28.1 Å². The highest BCUT2D eigenvalue weighted by Crippen LogP contribution is 2.30. The van der Waals surface area contributed by atoms with Gasteiger partial charge in [-0.25, -0.2) is 0 Å². The number of carbonyl (C=O) groups excluding carboxylic acids is 1. The molecule has 0 radical (unpaired) electrons. The summed E-state index contributed by atoms with van der Waals surface area (Å²) >= 11 is 0. The number of hydrogen-bond donors (Lipinski definition) is 0. The van der Waals surface area contributed by atoms with Crippen LogP contribution in [0.1, 0.15) is 36.5 Å². The second kappa shape index (κ2) is 9.20. The molecule has 1 aromatic carbocycles.